The molecule has 2 aromatic carbocycles. The minimum Gasteiger partial charge on any atom is -0.330 e. The number of carbonyl (C=O) groups excluding carboxylic acids is 1. The maximum Gasteiger partial charge on any atom is 0.275 e. The van der Waals surface area contributed by atoms with Crippen LogP contribution in [0.4, 0.5) is 0 Å². The van der Waals surface area contributed by atoms with E-state index >= 15 is 0 Å². The van der Waals surface area contributed by atoms with Crippen LogP contribution in [0.1, 0.15) is 33.2 Å². The van der Waals surface area contributed by atoms with E-state index in [2.05, 4.69) is 46.0 Å². The summed E-state index contributed by atoms with van der Waals surface area (Å²) in [4.78, 5) is 14.9. The smallest absolute Gasteiger partial charge is 0.275 e. The molecular weight excluding hydrogens is 318 g/mol. The molecule has 1 aliphatic heterocycles. The Morgan fingerprint density at radius 2 is 1.92 bits per heavy atom. The van der Waals surface area contributed by atoms with Crippen LogP contribution in [0.5, 0.6) is 0 Å². The Balaban J connectivity index is 1.71. The van der Waals surface area contributed by atoms with Gasteiger partial charge in [0.15, 0.2) is 5.69 Å². The van der Waals surface area contributed by atoms with Gasteiger partial charge in [-0.3, -0.25) is 4.79 Å². The number of benzene rings is 2. The number of hydrogen-bond donors (Lipinski definition) is 0. The maximum absolute atomic E-state index is 12.9. The third-order valence-electron chi connectivity index (χ3n) is 4.52. The lowest BCUT2D eigenvalue weighted by molar-refractivity contribution is 0.0654. The van der Waals surface area contributed by atoms with Crippen LogP contribution in [0.2, 0.25) is 0 Å². The van der Waals surface area contributed by atoms with Crippen molar-refractivity contribution < 1.29 is 4.79 Å². The molecule has 0 bridgehead atoms. The van der Waals surface area contributed by atoms with E-state index in [-0.39, 0.29) is 11.9 Å². The average molecular weight is 335 g/mol. The van der Waals surface area contributed by atoms with Crippen molar-refractivity contribution in [2.75, 3.05) is 6.54 Å². The van der Waals surface area contributed by atoms with Crippen LogP contribution in [-0.4, -0.2) is 26.9 Å². The Hall–Kier alpha value is -2.53. The maximum atomic E-state index is 12.9. The van der Waals surface area contributed by atoms with Gasteiger partial charge in [0.25, 0.3) is 5.91 Å². The largest absolute Gasteiger partial charge is 0.330 e. The molecule has 0 radical (unpaired) electrons. The molecule has 5 heteroatoms. The van der Waals surface area contributed by atoms with E-state index in [9.17, 15) is 4.79 Å². The monoisotopic (exact) mass is 335 g/mol. The molecule has 0 saturated carbocycles. The minimum absolute atomic E-state index is 0.0285. The van der Waals surface area contributed by atoms with Crippen molar-refractivity contribution in [2.24, 2.45) is 0 Å². The number of aromatic nitrogens is 2. The first-order valence-electron chi connectivity index (χ1n) is 8.02. The fourth-order valence-electron chi connectivity index (χ4n) is 3.36. The van der Waals surface area contributed by atoms with Gasteiger partial charge in [-0.2, -0.15) is 0 Å². The molecule has 0 saturated heterocycles. The molecule has 3 aromatic rings. The lowest BCUT2D eigenvalue weighted by atomic mass is 9.88. The second-order valence-corrected chi connectivity index (χ2v) is 6.55. The van der Waals surface area contributed by atoms with Gasteiger partial charge in [-0.05, 0) is 41.1 Å². The van der Waals surface area contributed by atoms with Crippen molar-refractivity contribution in [3.8, 4) is 0 Å². The Kier molecular flexibility index (Phi) is 4.09. The highest BCUT2D eigenvalue weighted by atomic mass is 32.1. The van der Waals surface area contributed by atoms with Gasteiger partial charge in [0.1, 0.15) is 0 Å². The highest BCUT2D eigenvalue weighted by Crippen LogP contribution is 2.33. The normalized spacial score (nSPS) is 16.7. The molecule has 120 valence electrons. The number of carbonyl (C=O) groups is 1. The lowest BCUT2D eigenvalue weighted by Gasteiger charge is -2.37. The molecule has 0 spiro atoms. The number of amides is 1. The van der Waals surface area contributed by atoms with Gasteiger partial charge in [-0.1, -0.05) is 59.1 Å². The molecule has 4 rings (SSSR count). The predicted octanol–water partition coefficient (Wildman–Crippen LogP) is 3.52. The first-order valence-corrected chi connectivity index (χ1v) is 8.86. The zero-order valence-electron chi connectivity index (χ0n) is 13.1. The predicted molar refractivity (Wildman–Crippen MR) is 94.0 cm³/mol. The zero-order chi connectivity index (χ0) is 16.4. The number of fused-ring (bicyclic) bond motifs is 1. The SMILES string of the molecule is O=C(c1csnn1)N1CCc2ccccc2[C@@H]1Cc1ccccc1. The van der Waals surface area contributed by atoms with Crippen LogP contribution in [0.15, 0.2) is 60.0 Å². The summed E-state index contributed by atoms with van der Waals surface area (Å²) in [6.45, 7) is 0.713. The van der Waals surface area contributed by atoms with E-state index < -0.39 is 0 Å². The van der Waals surface area contributed by atoms with Gasteiger partial charge >= 0.3 is 0 Å². The van der Waals surface area contributed by atoms with Gasteiger partial charge in [0, 0.05) is 11.9 Å². The van der Waals surface area contributed by atoms with Gasteiger partial charge in [-0.15, -0.1) is 5.10 Å². The van der Waals surface area contributed by atoms with Gasteiger partial charge in [-0.25, -0.2) is 0 Å². The fourth-order valence-corrected chi connectivity index (χ4v) is 3.79. The van der Waals surface area contributed by atoms with Crippen molar-refractivity contribution >= 4 is 17.4 Å². The number of nitrogens with zero attached hydrogens (tertiary/aromatic N) is 3. The lowest BCUT2D eigenvalue weighted by Crippen LogP contribution is -2.41. The fraction of sp³-hybridized carbons (Fsp3) is 0.211. The summed E-state index contributed by atoms with van der Waals surface area (Å²) >= 11 is 1.21. The minimum atomic E-state index is -0.0285. The summed E-state index contributed by atoms with van der Waals surface area (Å²) in [5.74, 6) is -0.0285. The summed E-state index contributed by atoms with van der Waals surface area (Å²) in [7, 11) is 0. The summed E-state index contributed by atoms with van der Waals surface area (Å²) in [5, 5.41) is 5.69. The molecule has 0 N–H and O–H groups in total. The first kappa shape index (κ1) is 15.0. The molecule has 0 fully saturated rings. The van der Waals surface area contributed by atoms with Crippen LogP contribution in [0.25, 0.3) is 0 Å². The van der Waals surface area contributed by atoms with E-state index in [1.807, 2.05) is 23.1 Å². The summed E-state index contributed by atoms with van der Waals surface area (Å²) in [6.07, 6.45) is 1.69. The Morgan fingerprint density at radius 1 is 1.12 bits per heavy atom. The average Bonchev–Trinajstić information content (AvgIpc) is 3.17. The second-order valence-electron chi connectivity index (χ2n) is 5.94. The second kappa shape index (κ2) is 6.53. The Labute approximate surface area is 144 Å². The van der Waals surface area contributed by atoms with E-state index in [0.29, 0.717) is 12.2 Å². The van der Waals surface area contributed by atoms with Crippen molar-refractivity contribution in [1.29, 1.82) is 0 Å². The molecule has 2 heterocycles. The van der Waals surface area contributed by atoms with Crippen LogP contribution >= 0.6 is 11.5 Å². The summed E-state index contributed by atoms with van der Waals surface area (Å²) in [6, 6.07) is 18.8. The van der Waals surface area contributed by atoms with Crippen molar-refractivity contribution in [3.05, 3.63) is 82.4 Å². The van der Waals surface area contributed by atoms with E-state index in [1.54, 1.807) is 5.38 Å². The molecule has 1 atom stereocenters. The highest BCUT2D eigenvalue weighted by molar-refractivity contribution is 7.03. The molecule has 0 aliphatic carbocycles. The molecule has 1 amide bonds. The van der Waals surface area contributed by atoms with Crippen LogP contribution in [-0.2, 0) is 12.8 Å². The third-order valence-corrected chi connectivity index (χ3v) is 5.03. The van der Waals surface area contributed by atoms with Crippen molar-refractivity contribution in [2.45, 2.75) is 18.9 Å². The third kappa shape index (κ3) is 2.83. The zero-order valence-corrected chi connectivity index (χ0v) is 13.9. The topological polar surface area (TPSA) is 46.1 Å². The molecule has 24 heavy (non-hydrogen) atoms. The molecule has 0 unspecified atom stereocenters. The Bertz CT molecular complexity index is 833. The van der Waals surface area contributed by atoms with Crippen LogP contribution < -0.4 is 0 Å². The highest BCUT2D eigenvalue weighted by Gasteiger charge is 2.32. The molecular formula is C19H17N3OS. The van der Waals surface area contributed by atoms with Gasteiger partial charge in [0.2, 0.25) is 0 Å². The molecule has 1 aliphatic rings. The van der Waals surface area contributed by atoms with Gasteiger partial charge < -0.3 is 4.90 Å². The van der Waals surface area contributed by atoms with Crippen molar-refractivity contribution in [3.63, 3.8) is 0 Å². The van der Waals surface area contributed by atoms with Crippen LogP contribution in [0, 0.1) is 0 Å². The van der Waals surface area contributed by atoms with E-state index in [4.69, 9.17) is 0 Å². The number of rotatable bonds is 3. The van der Waals surface area contributed by atoms with E-state index in [1.165, 1.54) is 28.2 Å². The van der Waals surface area contributed by atoms with Crippen molar-refractivity contribution in [1.82, 2.24) is 14.5 Å². The Morgan fingerprint density at radius 3 is 2.71 bits per heavy atom. The number of hydrogen-bond acceptors (Lipinski definition) is 4. The molecule has 4 nitrogen and oxygen atoms in total. The summed E-state index contributed by atoms with van der Waals surface area (Å²) in [5.41, 5.74) is 4.24. The standard InChI is InChI=1S/C19H17N3OS/c23-19(17-13-24-21-20-17)22-11-10-15-8-4-5-9-16(15)18(22)12-14-6-2-1-3-7-14/h1-9,13,18H,10-12H2/t18-/m0/s1. The van der Waals surface area contributed by atoms with Crippen LogP contribution in [0.3, 0.4) is 0 Å². The van der Waals surface area contributed by atoms with Gasteiger partial charge in [0.05, 0.1) is 6.04 Å². The van der Waals surface area contributed by atoms with E-state index in [0.717, 1.165) is 12.8 Å². The summed E-state index contributed by atoms with van der Waals surface area (Å²) < 4.78 is 3.84. The quantitative estimate of drug-likeness (QED) is 0.736. The molecule has 1 aromatic heterocycles. The first-order chi connectivity index (χ1) is 11.8.